The fourth-order valence-electron chi connectivity index (χ4n) is 3.64. The number of benzene rings is 1. The smallest absolute Gasteiger partial charge is 0.245 e. The van der Waals surface area contributed by atoms with Crippen molar-refractivity contribution in [2.24, 2.45) is 0 Å². The fraction of sp³-hybridized carbons (Fsp3) is 0.381. The molecule has 1 aliphatic rings. The van der Waals surface area contributed by atoms with E-state index < -0.39 is 0 Å². The van der Waals surface area contributed by atoms with Crippen LogP contribution in [0.25, 0.3) is 22.5 Å². The van der Waals surface area contributed by atoms with Gasteiger partial charge in [-0.2, -0.15) is 0 Å². The van der Waals surface area contributed by atoms with Crippen LogP contribution in [0.5, 0.6) is 11.6 Å². The second kappa shape index (κ2) is 8.58. The summed E-state index contributed by atoms with van der Waals surface area (Å²) in [5.41, 5.74) is 2.47. The molecule has 3 heterocycles. The monoisotopic (exact) mass is 407 g/mol. The van der Waals surface area contributed by atoms with Gasteiger partial charge in [0.15, 0.2) is 0 Å². The van der Waals surface area contributed by atoms with Crippen LogP contribution in [0.1, 0.15) is 20.3 Å². The Kier molecular flexibility index (Phi) is 5.71. The third-order valence-electron chi connectivity index (χ3n) is 5.20. The molecule has 30 heavy (non-hydrogen) atoms. The first-order valence-electron chi connectivity index (χ1n) is 9.98. The Balaban J connectivity index is 1.55. The first-order valence-corrected chi connectivity index (χ1v) is 9.98. The van der Waals surface area contributed by atoms with E-state index in [9.17, 15) is 5.11 Å². The second-order valence-corrected chi connectivity index (χ2v) is 7.40. The lowest BCUT2D eigenvalue weighted by Crippen LogP contribution is -2.55. The number of piperazine rings is 1. The minimum Gasteiger partial charge on any atom is -0.507 e. The molecule has 0 spiro atoms. The highest BCUT2D eigenvalue weighted by molar-refractivity contribution is 5.72. The highest BCUT2D eigenvalue weighted by Gasteiger charge is 2.24. The Bertz CT molecular complexity index is 1010. The summed E-state index contributed by atoms with van der Waals surface area (Å²) in [4.78, 5) is 14.9. The fourth-order valence-corrected chi connectivity index (χ4v) is 3.64. The number of rotatable bonds is 5. The Morgan fingerprint density at radius 2 is 2.00 bits per heavy atom. The molecule has 0 radical (unpaired) electrons. The summed E-state index contributed by atoms with van der Waals surface area (Å²) < 4.78 is 5.13. The van der Waals surface area contributed by atoms with Gasteiger partial charge in [-0.25, -0.2) is 15.0 Å². The van der Waals surface area contributed by atoms with Crippen molar-refractivity contribution in [3.63, 3.8) is 0 Å². The van der Waals surface area contributed by atoms with Crippen molar-refractivity contribution in [3.8, 4) is 34.1 Å². The van der Waals surface area contributed by atoms with Crippen molar-refractivity contribution < 1.29 is 9.84 Å². The normalized spacial score (nSPS) is 19.0. The molecule has 156 valence electrons. The number of phenolic OH excluding ortho intramolecular Hbond substituents is 1. The molecule has 9 heteroatoms. The molecule has 2 aromatic heterocycles. The lowest BCUT2D eigenvalue weighted by molar-refractivity contribution is 0.376. The molecular weight excluding hydrogens is 382 g/mol. The second-order valence-electron chi connectivity index (χ2n) is 7.40. The van der Waals surface area contributed by atoms with Crippen LogP contribution in [0.15, 0.2) is 36.8 Å². The number of hydrogen-bond donors (Lipinski definition) is 2. The van der Waals surface area contributed by atoms with Crippen LogP contribution in [0.3, 0.4) is 0 Å². The van der Waals surface area contributed by atoms with Gasteiger partial charge < -0.3 is 20.1 Å². The average molecular weight is 407 g/mol. The number of nitrogens with zero attached hydrogens (tertiary/aromatic N) is 6. The SMILES string of the molecule is CC[C@@H]1CN(c2ncc(-c3ccc(-c4cc(OC)ncn4)cc3O)nn2)C[C@H](C)N1. The van der Waals surface area contributed by atoms with Gasteiger partial charge in [0.05, 0.1) is 19.0 Å². The molecule has 9 nitrogen and oxygen atoms in total. The summed E-state index contributed by atoms with van der Waals surface area (Å²) in [5.74, 6) is 1.15. The van der Waals surface area contributed by atoms with E-state index in [0.29, 0.717) is 40.9 Å². The lowest BCUT2D eigenvalue weighted by Gasteiger charge is -2.37. The topological polar surface area (TPSA) is 109 Å². The van der Waals surface area contributed by atoms with Crippen LogP contribution in [0.2, 0.25) is 0 Å². The first kappa shape index (κ1) is 20.0. The predicted molar refractivity (Wildman–Crippen MR) is 113 cm³/mol. The minimum atomic E-state index is 0.0794. The number of anilines is 1. The molecule has 3 aromatic rings. The molecule has 0 amide bonds. The minimum absolute atomic E-state index is 0.0794. The Morgan fingerprint density at radius 1 is 1.13 bits per heavy atom. The van der Waals surface area contributed by atoms with Gasteiger partial charge in [0.25, 0.3) is 0 Å². The van der Waals surface area contributed by atoms with Gasteiger partial charge in [0.2, 0.25) is 11.8 Å². The van der Waals surface area contributed by atoms with E-state index in [-0.39, 0.29) is 5.75 Å². The molecule has 0 aliphatic carbocycles. The van der Waals surface area contributed by atoms with Crippen LogP contribution in [-0.4, -0.2) is 62.5 Å². The molecule has 0 saturated carbocycles. The van der Waals surface area contributed by atoms with Crippen molar-refractivity contribution in [2.45, 2.75) is 32.4 Å². The third-order valence-corrected chi connectivity index (χ3v) is 5.20. The van der Waals surface area contributed by atoms with Gasteiger partial charge in [-0.05, 0) is 25.5 Å². The summed E-state index contributed by atoms with van der Waals surface area (Å²) in [6.45, 7) is 6.01. The maximum absolute atomic E-state index is 10.6. The maximum atomic E-state index is 10.6. The quantitative estimate of drug-likeness (QED) is 0.658. The van der Waals surface area contributed by atoms with E-state index in [1.807, 2.05) is 6.07 Å². The van der Waals surface area contributed by atoms with Crippen molar-refractivity contribution >= 4 is 5.95 Å². The molecule has 1 aromatic carbocycles. The lowest BCUT2D eigenvalue weighted by atomic mass is 10.1. The summed E-state index contributed by atoms with van der Waals surface area (Å²) >= 11 is 0. The summed E-state index contributed by atoms with van der Waals surface area (Å²) in [5, 5.41) is 22.8. The van der Waals surface area contributed by atoms with E-state index in [0.717, 1.165) is 25.1 Å². The summed E-state index contributed by atoms with van der Waals surface area (Å²) in [6.07, 6.45) is 4.12. The average Bonchev–Trinajstić information content (AvgIpc) is 2.78. The van der Waals surface area contributed by atoms with E-state index in [2.05, 4.69) is 49.2 Å². The van der Waals surface area contributed by atoms with Crippen LogP contribution >= 0.6 is 0 Å². The molecule has 1 aliphatic heterocycles. The van der Waals surface area contributed by atoms with Crippen molar-refractivity contribution in [1.29, 1.82) is 0 Å². The Hall–Kier alpha value is -3.33. The molecule has 0 bridgehead atoms. The molecule has 4 rings (SSSR count). The zero-order valence-corrected chi connectivity index (χ0v) is 17.3. The van der Waals surface area contributed by atoms with E-state index in [1.54, 1.807) is 31.5 Å². The van der Waals surface area contributed by atoms with E-state index in [4.69, 9.17) is 4.74 Å². The largest absolute Gasteiger partial charge is 0.507 e. The van der Waals surface area contributed by atoms with Gasteiger partial charge in [0, 0.05) is 42.4 Å². The van der Waals surface area contributed by atoms with Gasteiger partial charge in [-0.1, -0.05) is 13.0 Å². The van der Waals surface area contributed by atoms with Crippen molar-refractivity contribution in [3.05, 3.63) is 36.8 Å². The number of phenols is 1. The Morgan fingerprint density at radius 3 is 2.70 bits per heavy atom. The van der Waals surface area contributed by atoms with Crippen LogP contribution < -0.4 is 15.0 Å². The number of aromatic nitrogens is 5. The number of aromatic hydroxyl groups is 1. The number of hydrogen-bond acceptors (Lipinski definition) is 9. The predicted octanol–water partition coefficient (Wildman–Crippen LogP) is 2.29. The molecular formula is C21H25N7O2. The third kappa shape index (κ3) is 4.16. The number of methoxy groups -OCH3 is 1. The van der Waals surface area contributed by atoms with Crippen molar-refractivity contribution in [2.75, 3.05) is 25.1 Å². The molecule has 0 unspecified atom stereocenters. The summed E-state index contributed by atoms with van der Waals surface area (Å²) in [7, 11) is 1.55. The van der Waals surface area contributed by atoms with Gasteiger partial charge in [-0.3, -0.25) is 0 Å². The Labute approximate surface area is 175 Å². The molecule has 1 fully saturated rings. The number of ether oxygens (including phenoxy) is 1. The summed E-state index contributed by atoms with van der Waals surface area (Å²) in [6, 6.07) is 7.76. The van der Waals surface area contributed by atoms with Crippen molar-refractivity contribution in [1.82, 2.24) is 30.5 Å². The molecule has 2 atom stereocenters. The van der Waals surface area contributed by atoms with Crippen LogP contribution in [0, 0.1) is 0 Å². The zero-order valence-electron chi connectivity index (χ0n) is 17.3. The van der Waals surface area contributed by atoms with Crippen LogP contribution in [0.4, 0.5) is 5.95 Å². The standard InChI is InChI=1S/C21H25N7O2/c1-4-15-11-28(10-13(2)25-15)21-22-9-18(26-27-21)16-6-5-14(7-19(16)29)17-8-20(30-3)24-12-23-17/h5-9,12-13,15,25,29H,4,10-11H2,1-3H3/t13-,15+/m0/s1. The molecule has 2 N–H and O–H groups in total. The van der Waals surface area contributed by atoms with E-state index >= 15 is 0 Å². The highest BCUT2D eigenvalue weighted by atomic mass is 16.5. The zero-order chi connectivity index (χ0) is 21.1. The maximum Gasteiger partial charge on any atom is 0.245 e. The molecule has 1 saturated heterocycles. The highest BCUT2D eigenvalue weighted by Crippen LogP contribution is 2.32. The van der Waals surface area contributed by atoms with Gasteiger partial charge in [0.1, 0.15) is 17.8 Å². The van der Waals surface area contributed by atoms with Gasteiger partial charge >= 0.3 is 0 Å². The number of nitrogens with one attached hydrogen (secondary N) is 1. The first-order chi connectivity index (χ1) is 14.6. The van der Waals surface area contributed by atoms with E-state index in [1.165, 1.54) is 6.33 Å². The van der Waals surface area contributed by atoms with Gasteiger partial charge in [-0.15, -0.1) is 10.2 Å². The van der Waals surface area contributed by atoms with Crippen LogP contribution in [-0.2, 0) is 0 Å².